The Hall–Kier alpha value is -7.06. The van der Waals surface area contributed by atoms with Crippen molar-refractivity contribution < 1.29 is 19.4 Å². The van der Waals surface area contributed by atoms with Gasteiger partial charge in [0.25, 0.3) is 0 Å². The van der Waals surface area contributed by atoms with E-state index in [1.807, 2.05) is 18.2 Å². The number of aromatic nitrogens is 2. The highest BCUT2D eigenvalue weighted by molar-refractivity contribution is 5.92. The number of carbonyl (C=O) groups is 2. The van der Waals surface area contributed by atoms with Gasteiger partial charge in [-0.05, 0) is 217 Å². The second-order valence-electron chi connectivity index (χ2n) is 20.6. The molecule has 12 rings (SSSR count). The molecule has 71 heavy (non-hydrogen) atoms. The molecule has 6 aromatic carbocycles. The maximum absolute atomic E-state index is 12.5. The zero-order valence-corrected chi connectivity index (χ0v) is 41.2. The van der Waals surface area contributed by atoms with Crippen molar-refractivity contribution in [3.8, 4) is 0 Å². The number of anilines is 2. The number of methoxy groups -OCH3 is 1. The molecule has 0 atom stereocenters. The van der Waals surface area contributed by atoms with E-state index < -0.39 is 5.97 Å². The first kappa shape index (κ1) is 46.3. The molecule has 2 aliphatic carbocycles. The largest absolute Gasteiger partial charge is 0.478 e. The molecule has 2 saturated heterocycles. The SMILES string of the molecule is COC(=O)c1cc(C2CC2)ccc1Cc1ccc2c(ccn2Cc2ccc(N3CCCCC3)cc2)c1.O=C(O)c1cc(C2CC2)ccc1Cc1ccc2c(ccn2Cc2ccc(N3CCCCC3)cc2)c1. The quantitative estimate of drug-likeness (QED) is 0.109. The number of esters is 1. The molecule has 8 nitrogen and oxygen atoms in total. The van der Waals surface area contributed by atoms with Crippen LogP contribution >= 0.6 is 0 Å². The molecule has 1 N–H and O–H groups in total. The van der Waals surface area contributed by atoms with Crippen LogP contribution in [0.5, 0.6) is 0 Å². The standard InChI is InChI=1S/C32H34N2O2.C31H32N2O2/c1-36-32(35)30-21-26(25-8-9-25)10-11-27(30)19-24-7-14-31-28(20-24)15-18-34(31)22-23-5-12-29(13-6-23)33-16-3-2-4-17-33;34-31(35)29-20-25(24-7-8-24)9-10-26(29)18-23-6-13-30-27(19-23)14-17-33(30)21-22-4-11-28(12-5-22)32-15-2-1-3-16-32/h5-7,10-15,18,20-21,25H,2-4,8-9,16-17,19,22H2,1H3;4-6,9-14,17,19-20,24H,1-3,7-8,15-16,18,21H2,(H,34,35). The zero-order chi connectivity index (χ0) is 48.3. The van der Waals surface area contributed by atoms with Crippen molar-refractivity contribution in [1.29, 1.82) is 0 Å². The van der Waals surface area contributed by atoms with Gasteiger partial charge in [-0.2, -0.15) is 0 Å². The molecule has 2 aromatic heterocycles. The van der Waals surface area contributed by atoms with Gasteiger partial charge in [-0.1, -0.05) is 60.7 Å². The highest BCUT2D eigenvalue weighted by Gasteiger charge is 2.27. The Bertz CT molecular complexity index is 3160. The fourth-order valence-electron chi connectivity index (χ4n) is 11.1. The first-order chi connectivity index (χ1) is 34.8. The molecule has 362 valence electrons. The Morgan fingerprint density at radius 3 is 1.34 bits per heavy atom. The third-order valence-electron chi connectivity index (χ3n) is 15.5. The average molecular weight is 943 g/mol. The van der Waals surface area contributed by atoms with Crippen molar-refractivity contribution in [2.75, 3.05) is 43.1 Å². The number of piperidine rings is 2. The van der Waals surface area contributed by atoms with E-state index in [2.05, 4.69) is 147 Å². The van der Waals surface area contributed by atoms with Crippen LogP contribution in [0.4, 0.5) is 11.4 Å². The summed E-state index contributed by atoms with van der Waals surface area (Å²) in [7, 11) is 1.46. The van der Waals surface area contributed by atoms with Gasteiger partial charge in [0, 0.05) is 74.1 Å². The molecule has 4 heterocycles. The van der Waals surface area contributed by atoms with Gasteiger partial charge in [-0.3, -0.25) is 0 Å². The fourth-order valence-corrected chi connectivity index (χ4v) is 11.1. The third kappa shape index (κ3) is 10.8. The molecule has 2 aliphatic heterocycles. The molecule has 2 saturated carbocycles. The number of hydrogen-bond acceptors (Lipinski definition) is 5. The van der Waals surface area contributed by atoms with Crippen LogP contribution in [-0.2, 0) is 30.7 Å². The molecule has 0 spiro atoms. The van der Waals surface area contributed by atoms with E-state index in [1.165, 1.54) is 158 Å². The lowest BCUT2D eigenvalue weighted by molar-refractivity contribution is 0.0598. The lowest BCUT2D eigenvalue weighted by Gasteiger charge is -2.28. The monoisotopic (exact) mass is 943 g/mol. The number of aromatic carboxylic acids is 1. The van der Waals surface area contributed by atoms with Gasteiger partial charge in [0.1, 0.15) is 0 Å². The zero-order valence-electron chi connectivity index (χ0n) is 41.2. The van der Waals surface area contributed by atoms with Crippen LogP contribution in [0.15, 0.2) is 146 Å². The Morgan fingerprint density at radius 2 is 0.915 bits per heavy atom. The Balaban J connectivity index is 0.000000154. The summed E-state index contributed by atoms with van der Waals surface area (Å²) in [5.74, 6) is 0.0888. The summed E-state index contributed by atoms with van der Waals surface area (Å²) in [5.41, 5.74) is 15.6. The summed E-state index contributed by atoms with van der Waals surface area (Å²) in [4.78, 5) is 29.4. The Kier molecular flexibility index (Phi) is 13.5. The van der Waals surface area contributed by atoms with Crippen molar-refractivity contribution in [1.82, 2.24) is 9.13 Å². The maximum Gasteiger partial charge on any atom is 0.338 e. The smallest absolute Gasteiger partial charge is 0.338 e. The summed E-state index contributed by atoms with van der Waals surface area (Å²) in [6.07, 6.45) is 18.4. The number of benzene rings is 6. The molecule has 4 fully saturated rings. The van der Waals surface area contributed by atoms with E-state index in [-0.39, 0.29) is 5.97 Å². The van der Waals surface area contributed by atoms with Gasteiger partial charge in [0.2, 0.25) is 0 Å². The van der Waals surface area contributed by atoms with Gasteiger partial charge in [0.05, 0.1) is 18.2 Å². The normalized spacial score (nSPS) is 16.0. The van der Waals surface area contributed by atoms with Crippen LogP contribution in [0.1, 0.15) is 141 Å². The number of hydrogen-bond donors (Lipinski definition) is 1. The molecule has 0 amide bonds. The average Bonchev–Trinajstić information content (AvgIpc) is 4.37. The predicted octanol–water partition coefficient (Wildman–Crippen LogP) is 13.8. The van der Waals surface area contributed by atoms with Crippen molar-refractivity contribution >= 4 is 45.1 Å². The lowest BCUT2D eigenvalue weighted by atomic mass is 9.96. The molecular formula is C63H66N4O4. The molecule has 0 bridgehead atoms. The van der Waals surface area contributed by atoms with Gasteiger partial charge < -0.3 is 28.8 Å². The first-order valence-electron chi connectivity index (χ1n) is 26.2. The van der Waals surface area contributed by atoms with E-state index in [0.29, 0.717) is 35.8 Å². The number of ether oxygens (including phenoxy) is 1. The van der Waals surface area contributed by atoms with Crippen molar-refractivity contribution in [2.24, 2.45) is 0 Å². The van der Waals surface area contributed by atoms with Gasteiger partial charge >= 0.3 is 11.9 Å². The topological polar surface area (TPSA) is 79.9 Å². The lowest BCUT2D eigenvalue weighted by Crippen LogP contribution is -2.29. The van der Waals surface area contributed by atoms with Crippen LogP contribution in [0.2, 0.25) is 0 Å². The number of fused-ring (bicyclic) bond motifs is 2. The van der Waals surface area contributed by atoms with Crippen LogP contribution in [0.3, 0.4) is 0 Å². The van der Waals surface area contributed by atoms with Crippen LogP contribution < -0.4 is 9.80 Å². The van der Waals surface area contributed by atoms with E-state index >= 15 is 0 Å². The molecule has 0 unspecified atom stereocenters. The van der Waals surface area contributed by atoms with Gasteiger partial charge in [0.15, 0.2) is 0 Å². The maximum atomic E-state index is 12.5. The highest BCUT2D eigenvalue weighted by Crippen LogP contribution is 2.42. The summed E-state index contributed by atoms with van der Waals surface area (Å²) in [6, 6.07) is 48.0. The van der Waals surface area contributed by atoms with E-state index in [1.54, 1.807) is 0 Å². The number of rotatable bonds is 14. The van der Waals surface area contributed by atoms with Crippen molar-refractivity contribution in [2.45, 2.75) is 102 Å². The van der Waals surface area contributed by atoms with Crippen LogP contribution in [0, 0.1) is 0 Å². The number of nitrogens with zero attached hydrogens (tertiary/aromatic N) is 4. The summed E-state index contributed by atoms with van der Waals surface area (Å²) < 4.78 is 9.71. The number of carbonyl (C=O) groups excluding carboxylic acids is 1. The Labute approximate surface area is 418 Å². The number of carboxylic acids is 1. The second-order valence-corrected chi connectivity index (χ2v) is 20.6. The van der Waals surface area contributed by atoms with E-state index in [9.17, 15) is 14.7 Å². The van der Waals surface area contributed by atoms with Crippen LogP contribution in [-0.4, -0.2) is 59.5 Å². The van der Waals surface area contributed by atoms with Crippen LogP contribution in [0.25, 0.3) is 21.8 Å². The van der Waals surface area contributed by atoms with Crippen molar-refractivity contribution in [3.05, 3.63) is 201 Å². The van der Waals surface area contributed by atoms with Gasteiger partial charge in [-0.25, -0.2) is 9.59 Å². The second kappa shape index (κ2) is 20.7. The Morgan fingerprint density at radius 1 is 0.493 bits per heavy atom. The summed E-state index contributed by atoms with van der Waals surface area (Å²) in [5, 5.41) is 12.2. The minimum atomic E-state index is -0.832. The predicted molar refractivity (Wildman–Crippen MR) is 288 cm³/mol. The minimum Gasteiger partial charge on any atom is -0.478 e. The minimum absolute atomic E-state index is 0.244. The van der Waals surface area contributed by atoms with E-state index in [0.717, 1.165) is 29.8 Å². The molecule has 4 aliphatic rings. The molecule has 8 heteroatoms. The molecule has 0 radical (unpaired) electrons. The van der Waals surface area contributed by atoms with Gasteiger partial charge in [-0.15, -0.1) is 0 Å². The van der Waals surface area contributed by atoms with E-state index in [4.69, 9.17) is 4.74 Å². The number of carboxylic acid groups (broad SMARTS) is 1. The summed E-state index contributed by atoms with van der Waals surface area (Å²) in [6.45, 7) is 6.39. The van der Waals surface area contributed by atoms with Crippen molar-refractivity contribution in [3.63, 3.8) is 0 Å². The fraction of sp³-hybridized carbons (Fsp3) is 0.333. The third-order valence-corrected chi connectivity index (χ3v) is 15.5. The summed E-state index contributed by atoms with van der Waals surface area (Å²) >= 11 is 0. The molecular weight excluding hydrogens is 877 g/mol. The molecule has 8 aromatic rings. The highest BCUT2D eigenvalue weighted by atomic mass is 16.5. The first-order valence-corrected chi connectivity index (χ1v) is 26.2.